The minimum atomic E-state index is -0.668. The smallest absolute Gasteiger partial charge is 0.253 e. The number of carbonyl (C=O) groups excluding carboxylic acids is 2. The van der Waals surface area contributed by atoms with E-state index in [2.05, 4.69) is 10.3 Å². The van der Waals surface area contributed by atoms with Crippen LogP contribution >= 0.6 is 0 Å². The van der Waals surface area contributed by atoms with Crippen molar-refractivity contribution in [3.05, 3.63) is 42.1 Å². The van der Waals surface area contributed by atoms with Gasteiger partial charge in [-0.3, -0.25) is 14.6 Å². The molecule has 2 amide bonds. The van der Waals surface area contributed by atoms with Gasteiger partial charge in [0, 0.05) is 49.6 Å². The topological polar surface area (TPSA) is 82.5 Å². The van der Waals surface area contributed by atoms with Crippen molar-refractivity contribution in [2.24, 2.45) is 5.92 Å². The van der Waals surface area contributed by atoms with E-state index in [-0.39, 0.29) is 30.7 Å². The van der Waals surface area contributed by atoms with Crippen LogP contribution in [0.2, 0.25) is 0 Å². The zero-order chi connectivity index (χ0) is 16.4. The van der Waals surface area contributed by atoms with Crippen molar-refractivity contribution in [3.8, 4) is 0 Å². The molecule has 0 aliphatic carbocycles. The first-order chi connectivity index (χ1) is 11.1. The molecular weight excluding hydrogens is 294 g/mol. The van der Waals surface area contributed by atoms with Gasteiger partial charge in [0.1, 0.15) is 0 Å². The van der Waals surface area contributed by atoms with Gasteiger partial charge in [0.25, 0.3) is 5.91 Å². The van der Waals surface area contributed by atoms with E-state index < -0.39 is 6.10 Å². The molecular formula is C17H19N3O3. The average Bonchev–Trinajstić information content (AvgIpc) is 2.94. The monoisotopic (exact) mass is 313 g/mol. The highest BCUT2D eigenvalue weighted by Gasteiger charge is 2.35. The molecule has 6 nitrogen and oxygen atoms in total. The van der Waals surface area contributed by atoms with Crippen molar-refractivity contribution < 1.29 is 14.7 Å². The Bertz CT molecular complexity index is 747. The molecule has 1 saturated heterocycles. The van der Waals surface area contributed by atoms with E-state index in [4.69, 9.17) is 0 Å². The van der Waals surface area contributed by atoms with Crippen LogP contribution in [-0.4, -0.2) is 53.0 Å². The summed E-state index contributed by atoms with van der Waals surface area (Å²) in [5, 5.41) is 13.5. The van der Waals surface area contributed by atoms with Gasteiger partial charge in [-0.15, -0.1) is 0 Å². The van der Waals surface area contributed by atoms with Crippen LogP contribution in [0.25, 0.3) is 10.9 Å². The number of β-amino-alcohol motifs (C(OH)–C–C–N with tert-alkyl or cyclic N) is 1. The molecule has 2 aromatic rings. The van der Waals surface area contributed by atoms with E-state index in [1.54, 1.807) is 24.2 Å². The van der Waals surface area contributed by atoms with Crippen LogP contribution in [0, 0.1) is 5.92 Å². The lowest BCUT2D eigenvalue weighted by molar-refractivity contribution is -0.122. The molecule has 0 unspecified atom stereocenters. The van der Waals surface area contributed by atoms with Crippen molar-refractivity contribution >= 4 is 22.7 Å². The standard InChI is InChI=1S/C17H19N3O3/c1-18-16(22)8-13-9-20(10-15(13)21)17(23)12-4-5-14-11(7-12)3-2-6-19-14/h2-7,13,15,21H,8-10H2,1H3,(H,18,22)/t13-,15+/m1/s1. The number of nitrogens with one attached hydrogen (secondary N) is 1. The summed E-state index contributed by atoms with van der Waals surface area (Å²) in [7, 11) is 1.57. The first-order valence-electron chi connectivity index (χ1n) is 7.61. The maximum absolute atomic E-state index is 12.6. The maximum atomic E-state index is 12.6. The predicted octanol–water partition coefficient (Wildman–Crippen LogP) is 0.804. The Kier molecular flexibility index (Phi) is 4.25. The maximum Gasteiger partial charge on any atom is 0.253 e. The van der Waals surface area contributed by atoms with Crippen molar-refractivity contribution in [2.45, 2.75) is 12.5 Å². The number of aromatic nitrogens is 1. The summed E-state index contributed by atoms with van der Waals surface area (Å²) in [6.45, 7) is 0.643. The van der Waals surface area contributed by atoms with Gasteiger partial charge in [-0.05, 0) is 24.3 Å². The summed E-state index contributed by atoms with van der Waals surface area (Å²) in [6.07, 6.45) is 1.27. The number of pyridine rings is 1. The van der Waals surface area contributed by atoms with E-state index in [9.17, 15) is 14.7 Å². The molecule has 1 aliphatic heterocycles. The molecule has 1 aromatic heterocycles. The van der Waals surface area contributed by atoms with Crippen LogP contribution < -0.4 is 5.32 Å². The summed E-state index contributed by atoms with van der Waals surface area (Å²) in [6, 6.07) is 9.11. The molecule has 3 rings (SSSR count). The largest absolute Gasteiger partial charge is 0.391 e. The number of likely N-dealkylation sites (tertiary alicyclic amines) is 1. The molecule has 0 radical (unpaired) electrons. The number of aliphatic hydroxyl groups is 1. The van der Waals surface area contributed by atoms with E-state index in [1.165, 1.54) is 0 Å². The van der Waals surface area contributed by atoms with E-state index in [1.807, 2.05) is 24.3 Å². The second-order valence-corrected chi connectivity index (χ2v) is 5.83. The van der Waals surface area contributed by atoms with E-state index in [0.717, 1.165) is 10.9 Å². The molecule has 2 N–H and O–H groups in total. The van der Waals surface area contributed by atoms with Gasteiger partial charge in [-0.2, -0.15) is 0 Å². The molecule has 0 saturated carbocycles. The fourth-order valence-corrected chi connectivity index (χ4v) is 2.95. The fourth-order valence-electron chi connectivity index (χ4n) is 2.95. The van der Waals surface area contributed by atoms with Gasteiger partial charge >= 0.3 is 0 Å². The average molecular weight is 313 g/mol. The normalized spacial score (nSPS) is 20.7. The quantitative estimate of drug-likeness (QED) is 0.878. The fraction of sp³-hybridized carbons (Fsp3) is 0.353. The summed E-state index contributed by atoms with van der Waals surface area (Å²) in [5.74, 6) is -0.477. The van der Waals surface area contributed by atoms with Gasteiger partial charge in [0.05, 0.1) is 11.6 Å². The number of nitrogens with zero attached hydrogens (tertiary/aromatic N) is 2. The zero-order valence-corrected chi connectivity index (χ0v) is 12.9. The van der Waals surface area contributed by atoms with Gasteiger partial charge < -0.3 is 15.3 Å². The number of fused-ring (bicyclic) bond motifs is 1. The van der Waals surface area contributed by atoms with E-state index >= 15 is 0 Å². The number of amides is 2. The molecule has 0 bridgehead atoms. The third-order valence-electron chi connectivity index (χ3n) is 4.27. The number of benzene rings is 1. The number of carbonyl (C=O) groups is 2. The number of hydrogen-bond donors (Lipinski definition) is 2. The lowest BCUT2D eigenvalue weighted by atomic mass is 10.0. The van der Waals surface area contributed by atoms with Crippen LogP contribution in [0.5, 0.6) is 0 Å². The minimum absolute atomic E-state index is 0.125. The summed E-state index contributed by atoms with van der Waals surface area (Å²) >= 11 is 0. The SMILES string of the molecule is CNC(=O)C[C@@H]1CN(C(=O)c2ccc3ncccc3c2)C[C@@H]1O. The van der Waals surface area contributed by atoms with Gasteiger partial charge in [-0.1, -0.05) is 6.07 Å². The van der Waals surface area contributed by atoms with Crippen molar-refractivity contribution in [1.82, 2.24) is 15.2 Å². The van der Waals surface area contributed by atoms with Crippen LogP contribution in [0.15, 0.2) is 36.5 Å². The molecule has 23 heavy (non-hydrogen) atoms. The first kappa shape index (κ1) is 15.4. The molecule has 6 heteroatoms. The Labute approximate surface area is 134 Å². The lowest BCUT2D eigenvalue weighted by Gasteiger charge is -2.16. The highest BCUT2D eigenvalue weighted by Crippen LogP contribution is 2.23. The molecule has 1 fully saturated rings. The molecule has 2 atom stereocenters. The summed E-state index contributed by atoms with van der Waals surface area (Å²) in [4.78, 5) is 29.9. The lowest BCUT2D eigenvalue weighted by Crippen LogP contribution is -2.29. The second-order valence-electron chi connectivity index (χ2n) is 5.83. The second kappa shape index (κ2) is 6.34. The van der Waals surface area contributed by atoms with Gasteiger partial charge in [0.15, 0.2) is 0 Å². The van der Waals surface area contributed by atoms with Crippen LogP contribution in [0.1, 0.15) is 16.8 Å². The first-order valence-corrected chi connectivity index (χ1v) is 7.61. The minimum Gasteiger partial charge on any atom is -0.391 e. The molecule has 120 valence electrons. The highest BCUT2D eigenvalue weighted by molar-refractivity contribution is 5.98. The Morgan fingerprint density at radius 3 is 2.96 bits per heavy atom. The number of hydrogen-bond acceptors (Lipinski definition) is 4. The highest BCUT2D eigenvalue weighted by atomic mass is 16.3. The third-order valence-corrected chi connectivity index (χ3v) is 4.27. The van der Waals surface area contributed by atoms with Gasteiger partial charge in [0.2, 0.25) is 5.91 Å². The zero-order valence-electron chi connectivity index (χ0n) is 12.9. The van der Waals surface area contributed by atoms with Crippen molar-refractivity contribution in [3.63, 3.8) is 0 Å². The van der Waals surface area contributed by atoms with Crippen LogP contribution in [0.4, 0.5) is 0 Å². The van der Waals surface area contributed by atoms with Gasteiger partial charge in [-0.25, -0.2) is 0 Å². The van der Waals surface area contributed by atoms with E-state index in [0.29, 0.717) is 12.1 Å². The Hall–Kier alpha value is -2.47. The van der Waals surface area contributed by atoms with Crippen molar-refractivity contribution in [2.75, 3.05) is 20.1 Å². The Morgan fingerprint density at radius 2 is 2.17 bits per heavy atom. The Balaban J connectivity index is 1.76. The van der Waals surface area contributed by atoms with Crippen LogP contribution in [0.3, 0.4) is 0 Å². The Morgan fingerprint density at radius 1 is 1.35 bits per heavy atom. The summed E-state index contributed by atoms with van der Waals surface area (Å²) < 4.78 is 0. The third kappa shape index (κ3) is 3.17. The molecule has 0 spiro atoms. The predicted molar refractivity (Wildman–Crippen MR) is 85.8 cm³/mol. The van der Waals surface area contributed by atoms with Crippen LogP contribution in [-0.2, 0) is 4.79 Å². The summed E-state index contributed by atoms with van der Waals surface area (Å²) in [5.41, 5.74) is 1.40. The molecule has 2 heterocycles. The number of aliphatic hydroxyl groups excluding tert-OH is 1. The van der Waals surface area contributed by atoms with Crippen molar-refractivity contribution in [1.29, 1.82) is 0 Å². The number of rotatable bonds is 3. The molecule has 1 aliphatic rings. The molecule has 1 aromatic carbocycles.